The van der Waals surface area contributed by atoms with Crippen molar-refractivity contribution in [3.05, 3.63) is 27.7 Å². The van der Waals surface area contributed by atoms with Gasteiger partial charge in [-0.3, -0.25) is 0 Å². The predicted octanol–water partition coefficient (Wildman–Crippen LogP) is 3.10. The molecule has 0 aromatic heterocycles. The Morgan fingerprint density at radius 3 is 3.11 bits per heavy atom. The first-order valence-corrected chi connectivity index (χ1v) is 7.70. The molecule has 0 saturated heterocycles. The molecule has 1 atom stereocenters. The lowest BCUT2D eigenvalue weighted by atomic mass is 10.0. The van der Waals surface area contributed by atoms with Crippen molar-refractivity contribution in [1.29, 1.82) is 0 Å². The topological polar surface area (TPSA) is 38.7 Å². The number of hydrogen-bond acceptors (Lipinski definition) is 3. The maximum atomic E-state index is 10.1. The Kier molecular flexibility index (Phi) is 5.67. The Morgan fingerprint density at radius 1 is 1.47 bits per heavy atom. The SMILES string of the molecule is CCOCCCC(O)Cc1cc(Br)cc2c1OCC2. The minimum Gasteiger partial charge on any atom is -0.493 e. The molecule has 2 rings (SSSR count). The summed E-state index contributed by atoms with van der Waals surface area (Å²) in [6.45, 7) is 4.20. The largest absolute Gasteiger partial charge is 0.493 e. The van der Waals surface area contributed by atoms with Crippen LogP contribution in [0.25, 0.3) is 0 Å². The fraction of sp³-hybridized carbons (Fsp3) is 0.600. The fourth-order valence-corrected chi connectivity index (χ4v) is 2.97. The van der Waals surface area contributed by atoms with Gasteiger partial charge in [0.1, 0.15) is 5.75 Å². The third-order valence-electron chi connectivity index (χ3n) is 3.31. The van der Waals surface area contributed by atoms with E-state index in [1.54, 1.807) is 0 Å². The maximum Gasteiger partial charge on any atom is 0.125 e. The molecule has 1 aromatic carbocycles. The highest BCUT2D eigenvalue weighted by molar-refractivity contribution is 9.10. The van der Waals surface area contributed by atoms with Crippen molar-refractivity contribution in [2.24, 2.45) is 0 Å². The second kappa shape index (κ2) is 7.27. The number of fused-ring (bicyclic) bond motifs is 1. The van der Waals surface area contributed by atoms with Crippen molar-refractivity contribution in [3.63, 3.8) is 0 Å². The van der Waals surface area contributed by atoms with Gasteiger partial charge in [-0.25, -0.2) is 0 Å². The Labute approximate surface area is 123 Å². The summed E-state index contributed by atoms with van der Waals surface area (Å²) in [7, 11) is 0. The van der Waals surface area contributed by atoms with Crippen LogP contribution in [0.3, 0.4) is 0 Å². The van der Waals surface area contributed by atoms with E-state index in [-0.39, 0.29) is 6.10 Å². The first kappa shape index (κ1) is 14.8. The zero-order chi connectivity index (χ0) is 13.7. The minimum absolute atomic E-state index is 0.331. The smallest absolute Gasteiger partial charge is 0.125 e. The highest BCUT2D eigenvalue weighted by Crippen LogP contribution is 2.33. The Balaban J connectivity index is 1.92. The van der Waals surface area contributed by atoms with Crippen molar-refractivity contribution in [2.75, 3.05) is 19.8 Å². The van der Waals surface area contributed by atoms with E-state index in [4.69, 9.17) is 9.47 Å². The van der Waals surface area contributed by atoms with Gasteiger partial charge >= 0.3 is 0 Å². The summed E-state index contributed by atoms with van der Waals surface area (Å²) in [5.41, 5.74) is 2.34. The molecule has 0 fully saturated rings. The average molecular weight is 329 g/mol. The van der Waals surface area contributed by atoms with Gasteiger partial charge in [-0.15, -0.1) is 0 Å². The number of aliphatic hydroxyl groups is 1. The molecule has 19 heavy (non-hydrogen) atoms. The van der Waals surface area contributed by atoms with Gasteiger partial charge in [-0.1, -0.05) is 15.9 Å². The molecule has 1 aliphatic heterocycles. The number of ether oxygens (including phenoxy) is 2. The second-order valence-electron chi connectivity index (χ2n) is 4.85. The predicted molar refractivity (Wildman–Crippen MR) is 78.8 cm³/mol. The fourth-order valence-electron chi connectivity index (χ4n) is 2.42. The number of benzene rings is 1. The van der Waals surface area contributed by atoms with E-state index >= 15 is 0 Å². The summed E-state index contributed by atoms with van der Waals surface area (Å²) in [5.74, 6) is 0.979. The van der Waals surface area contributed by atoms with Crippen LogP contribution >= 0.6 is 15.9 Å². The number of hydrogen-bond donors (Lipinski definition) is 1. The quantitative estimate of drug-likeness (QED) is 0.781. The van der Waals surface area contributed by atoms with E-state index in [9.17, 15) is 5.11 Å². The monoisotopic (exact) mass is 328 g/mol. The summed E-state index contributed by atoms with van der Waals surface area (Å²) in [4.78, 5) is 0. The molecule has 1 heterocycles. The third-order valence-corrected chi connectivity index (χ3v) is 3.77. The Bertz CT molecular complexity index is 420. The van der Waals surface area contributed by atoms with Crippen LogP contribution in [0.4, 0.5) is 0 Å². The lowest BCUT2D eigenvalue weighted by Crippen LogP contribution is -2.12. The van der Waals surface area contributed by atoms with Crippen LogP contribution in [-0.2, 0) is 17.6 Å². The van der Waals surface area contributed by atoms with E-state index in [1.165, 1.54) is 5.56 Å². The van der Waals surface area contributed by atoms with E-state index in [1.807, 2.05) is 6.92 Å². The normalized spacial score (nSPS) is 15.1. The van der Waals surface area contributed by atoms with Gasteiger partial charge in [0.05, 0.1) is 12.7 Å². The molecule has 1 aliphatic rings. The average Bonchev–Trinajstić information content (AvgIpc) is 2.82. The van der Waals surface area contributed by atoms with Crippen LogP contribution in [-0.4, -0.2) is 31.0 Å². The summed E-state index contributed by atoms with van der Waals surface area (Å²) in [5, 5.41) is 10.1. The lowest BCUT2D eigenvalue weighted by molar-refractivity contribution is 0.114. The van der Waals surface area contributed by atoms with Crippen LogP contribution in [0.15, 0.2) is 16.6 Å². The van der Waals surface area contributed by atoms with Gasteiger partial charge in [-0.2, -0.15) is 0 Å². The zero-order valence-corrected chi connectivity index (χ0v) is 12.9. The third kappa shape index (κ3) is 4.20. The summed E-state index contributed by atoms with van der Waals surface area (Å²) < 4.78 is 12.0. The minimum atomic E-state index is -0.331. The number of rotatable bonds is 7. The van der Waals surface area contributed by atoms with Crippen LogP contribution in [0.2, 0.25) is 0 Å². The molecule has 0 bridgehead atoms. The van der Waals surface area contributed by atoms with Gasteiger partial charge < -0.3 is 14.6 Å². The molecule has 106 valence electrons. The first-order chi connectivity index (χ1) is 9.20. The van der Waals surface area contributed by atoms with Gasteiger partial charge in [0.15, 0.2) is 0 Å². The van der Waals surface area contributed by atoms with Crippen molar-refractivity contribution in [1.82, 2.24) is 0 Å². The molecular formula is C15H21BrO3. The van der Waals surface area contributed by atoms with Gasteiger partial charge in [-0.05, 0) is 43.0 Å². The van der Waals surface area contributed by atoms with Crippen LogP contribution in [0.5, 0.6) is 5.75 Å². The molecule has 0 spiro atoms. The maximum absolute atomic E-state index is 10.1. The molecule has 0 aliphatic carbocycles. The molecular weight excluding hydrogens is 308 g/mol. The lowest BCUT2D eigenvalue weighted by Gasteiger charge is -2.14. The van der Waals surface area contributed by atoms with E-state index < -0.39 is 0 Å². The Hall–Kier alpha value is -0.580. The Morgan fingerprint density at radius 2 is 2.32 bits per heavy atom. The highest BCUT2D eigenvalue weighted by Gasteiger charge is 2.19. The number of halogens is 1. The molecule has 3 nitrogen and oxygen atoms in total. The van der Waals surface area contributed by atoms with Gasteiger partial charge in [0.2, 0.25) is 0 Å². The van der Waals surface area contributed by atoms with Gasteiger partial charge in [0, 0.05) is 30.5 Å². The summed E-state index contributed by atoms with van der Waals surface area (Å²) >= 11 is 3.52. The van der Waals surface area contributed by atoms with Crippen molar-refractivity contribution in [3.8, 4) is 5.75 Å². The molecule has 1 N–H and O–H groups in total. The number of aliphatic hydroxyl groups excluding tert-OH is 1. The van der Waals surface area contributed by atoms with E-state index in [0.29, 0.717) is 6.42 Å². The molecule has 0 radical (unpaired) electrons. The van der Waals surface area contributed by atoms with Gasteiger partial charge in [0.25, 0.3) is 0 Å². The van der Waals surface area contributed by atoms with Crippen molar-refractivity contribution < 1.29 is 14.6 Å². The molecule has 0 saturated carbocycles. The van der Waals surface area contributed by atoms with E-state index in [0.717, 1.165) is 54.9 Å². The highest BCUT2D eigenvalue weighted by atomic mass is 79.9. The van der Waals surface area contributed by atoms with Crippen LogP contribution < -0.4 is 4.74 Å². The van der Waals surface area contributed by atoms with Crippen LogP contribution in [0, 0.1) is 0 Å². The summed E-state index contributed by atoms with van der Waals surface area (Å²) in [6, 6.07) is 4.16. The van der Waals surface area contributed by atoms with Crippen molar-refractivity contribution in [2.45, 2.75) is 38.7 Å². The van der Waals surface area contributed by atoms with E-state index in [2.05, 4.69) is 28.1 Å². The second-order valence-corrected chi connectivity index (χ2v) is 5.76. The zero-order valence-electron chi connectivity index (χ0n) is 11.3. The molecule has 1 aromatic rings. The first-order valence-electron chi connectivity index (χ1n) is 6.90. The van der Waals surface area contributed by atoms with Crippen molar-refractivity contribution >= 4 is 15.9 Å². The standard InChI is InChI=1S/C15H21BrO3/c1-2-18-6-3-4-14(17)10-12-9-13(16)8-11-5-7-19-15(11)12/h8-9,14,17H,2-7,10H2,1H3. The summed E-state index contributed by atoms with van der Waals surface area (Å²) in [6.07, 6.45) is 2.94. The molecule has 4 heteroatoms. The molecule has 0 amide bonds. The molecule has 1 unspecified atom stereocenters. The van der Waals surface area contributed by atoms with Crippen LogP contribution in [0.1, 0.15) is 30.9 Å².